The Morgan fingerprint density at radius 1 is 1.14 bits per heavy atom. The van der Waals surface area contributed by atoms with Crippen LogP contribution in [0.1, 0.15) is 19.7 Å². The Bertz CT molecular complexity index is 619. The van der Waals surface area contributed by atoms with Crippen LogP contribution in [0.3, 0.4) is 0 Å². The maximum atomic E-state index is 5.30. The van der Waals surface area contributed by atoms with Gasteiger partial charge in [0.25, 0.3) is 0 Å². The summed E-state index contributed by atoms with van der Waals surface area (Å²) in [5.74, 6) is 3.18. The molecule has 0 spiro atoms. The van der Waals surface area contributed by atoms with Crippen molar-refractivity contribution >= 4 is 33.3 Å². The van der Waals surface area contributed by atoms with E-state index in [0.29, 0.717) is 0 Å². The van der Waals surface area contributed by atoms with Crippen LogP contribution >= 0.6 is 15.9 Å². The smallest absolute Gasteiger partial charge is 0.136 e. The molecule has 0 saturated carbocycles. The molecule has 0 aliphatic carbocycles. The van der Waals surface area contributed by atoms with Crippen molar-refractivity contribution in [2.75, 3.05) is 24.3 Å². The highest BCUT2D eigenvalue weighted by molar-refractivity contribution is 9.10. The van der Waals surface area contributed by atoms with Crippen LogP contribution < -0.4 is 15.4 Å². The summed E-state index contributed by atoms with van der Waals surface area (Å²) in [5, 5.41) is 6.50. The molecule has 2 N–H and O–H groups in total. The number of aryl methyl sites for hydroxylation is 1. The van der Waals surface area contributed by atoms with Gasteiger partial charge >= 0.3 is 0 Å². The summed E-state index contributed by atoms with van der Waals surface area (Å²) < 4.78 is 6.22. The highest BCUT2D eigenvalue weighted by Crippen LogP contribution is 2.29. The third-order valence-corrected chi connectivity index (χ3v) is 3.53. The maximum absolute atomic E-state index is 5.30. The molecule has 0 fully saturated rings. The molecule has 0 radical (unpaired) electrons. The number of nitrogens with zero attached hydrogens (tertiary/aromatic N) is 2. The highest BCUT2D eigenvalue weighted by atomic mass is 79.9. The number of benzene rings is 1. The molecule has 0 amide bonds. The minimum absolute atomic E-state index is 0.766. The molecule has 2 aromatic rings. The molecule has 0 bridgehead atoms. The number of anilines is 3. The summed E-state index contributed by atoms with van der Waals surface area (Å²) in [5.41, 5.74) is 0.915. The second-order valence-electron chi connectivity index (χ2n) is 4.41. The minimum Gasteiger partial charge on any atom is -0.495 e. The van der Waals surface area contributed by atoms with Crippen molar-refractivity contribution in [1.82, 2.24) is 9.97 Å². The summed E-state index contributed by atoms with van der Waals surface area (Å²) in [6.45, 7) is 4.91. The zero-order valence-electron chi connectivity index (χ0n) is 12.4. The van der Waals surface area contributed by atoms with Gasteiger partial charge in [-0.1, -0.05) is 6.92 Å². The van der Waals surface area contributed by atoms with Crippen molar-refractivity contribution in [1.29, 1.82) is 0 Å². The van der Waals surface area contributed by atoms with Gasteiger partial charge in [0.2, 0.25) is 0 Å². The third kappa shape index (κ3) is 4.07. The van der Waals surface area contributed by atoms with E-state index in [1.165, 1.54) is 0 Å². The second-order valence-corrected chi connectivity index (χ2v) is 5.27. The summed E-state index contributed by atoms with van der Waals surface area (Å²) in [6, 6.07) is 7.73. The minimum atomic E-state index is 0.766. The molecule has 21 heavy (non-hydrogen) atoms. The molecule has 112 valence electrons. The van der Waals surface area contributed by atoms with Gasteiger partial charge in [0.15, 0.2) is 0 Å². The van der Waals surface area contributed by atoms with E-state index in [2.05, 4.69) is 36.5 Å². The van der Waals surface area contributed by atoms with Crippen molar-refractivity contribution in [3.8, 4) is 5.75 Å². The van der Waals surface area contributed by atoms with E-state index in [1.807, 2.05) is 38.1 Å². The average molecular weight is 351 g/mol. The summed E-state index contributed by atoms with van der Waals surface area (Å²) in [6.07, 6.45) is 0.789. The van der Waals surface area contributed by atoms with Gasteiger partial charge < -0.3 is 15.4 Å². The van der Waals surface area contributed by atoms with Gasteiger partial charge in [0, 0.05) is 30.8 Å². The van der Waals surface area contributed by atoms with E-state index in [-0.39, 0.29) is 0 Å². The SMILES string of the molecule is CCNc1cc(Nc2ccc(Br)c(OC)c2)nc(CC)n1. The molecule has 0 aliphatic rings. The summed E-state index contributed by atoms with van der Waals surface area (Å²) >= 11 is 3.44. The fourth-order valence-electron chi connectivity index (χ4n) is 1.88. The van der Waals surface area contributed by atoms with Crippen LogP contribution in [0.2, 0.25) is 0 Å². The van der Waals surface area contributed by atoms with E-state index in [9.17, 15) is 0 Å². The van der Waals surface area contributed by atoms with Gasteiger partial charge in [-0.05, 0) is 35.0 Å². The molecule has 5 nitrogen and oxygen atoms in total. The average Bonchev–Trinajstić information content (AvgIpc) is 2.49. The van der Waals surface area contributed by atoms with Gasteiger partial charge in [0.05, 0.1) is 11.6 Å². The fraction of sp³-hybridized carbons (Fsp3) is 0.333. The molecule has 0 atom stereocenters. The summed E-state index contributed by atoms with van der Waals surface area (Å²) in [4.78, 5) is 8.93. The van der Waals surface area contributed by atoms with Crippen molar-refractivity contribution < 1.29 is 4.74 Å². The Morgan fingerprint density at radius 3 is 2.57 bits per heavy atom. The lowest BCUT2D eigenvalue weighted by Gasteiger charge is -2.11. The Kier molecular flexibility index (Phi) is 5.38. The van der Waals surface area contributed by atoms with E-state index >= 15 is 0 Å². The predicted molar refractivity (Wildman–Crippen MR) is 89.6 cm³/mol. The van der Waals surface area contributed by atoms with Crippen LogP contribution in [0.15, 0.2) is 28.7 Å². The monoisotopic (exact) mass is 350 g/mol. The molecule has 1 aromatic carbocycles. The number of nitrogens with one attached hydrogen (secondary N) is 2. The zero-order chi connectivity index (χ0) is 15.2. The van der Waals surface area contributed by atoms with E-state index < -0.39 is 0 Å². The number of methoxy groups -OCH3 is 1. The van der Waals surface area contributed by atoms with E-state index in [1.54, 1.807) is 7.11 Å². The Hall–Kier alpha value is -1.82. The number of ether oxygens (including phenoxy) is 1. The molecular formula is C15H19BrN4O. The van der Waals surface area contributed by atoms with Crippen molar-refractivity contribution in [3.05, 3.63) is 34.6 Å². The zero-order valence-corrected chi connectivity index (χ0v) is 14.0. The lowest BCUT2D eigenvalue weighted by Crippen LogP contribution is -2.05. The highest BCUT2D eigenvalue weighted by Gasteiger charge is 2.06. The largest absolute Gasteiger partial charge is 0.495 e. The standard InChI is InChI=1S/C15H19BrN4O/c1-4-13-19-14(17-5-2)9-15(20-13)18-10-6-7-11(16)12(8-10)21-3/h6-9H,4-5H2,1-3H3,(H2,17,18,19,20). The Balaban J connectivity index is 2.27. The van der Waals surface area contributed by atoms with E-state index in [0.717, 1.165) is 46.3 Å². The molecule has 6 heteroatoms. The van der Waals surface area contributed by atoms with Gasteiger partial charge in [-0.3, -0.25) is 0 Å². The van der Waals surface area contributed by atoms with Crippen molar-refractivity contribution in [2.45, 2.75) is 20.3 Å². The fourth-order valence-corrected chi connectivity index (χ4v) is 2.28. The molecule has 2 rings (SSSR count). The van der Waals surface area contributed by atoms with Crippen LogP contribution in [0.4, 0.5) is 17.3 Å². The quantitative estimate of drug-likeness (QED) is 0.824. The first kappa shape index (κ1) is 15.6. The molecule has 0 aliphatic heterocycles. The molecule has 1 aromatic heterocycles. The first-order chi connectivity index (χ1) is 10.2. The van der Waals surface area contributed by atoms with Crippen LogP contribution in [0, 0.1) is 0 Å². The number of hydrogen-bond acceptors (Lipinski definition) is 5. The van der Waals surface area contributed by atoms with E-state index in [4.69, 9.17) is 4.74 Å². The third-order valence-electron chi connectivity index (χ3n) is 2.87. The van der Waals surface area contributed by atoms with Crippen LogP contribution in [-0.2, 0) is 6.42 Å². The first-order valence-electron chi connectivity index (χ1n) is 6.88. The molecular weight excluding hydrogens is 332 g/mol. The maximum Gasteiger partial charge on any atom is 0.136 e. The van der Waals surface area contributed by atoms with Crippen LogP contribution in [0.5, 0.6) is 5.75 Å². The van der Waals surface area contributed by atoms with Gasteiger partial charge in [-0.2, -0.15) is 0 Å². The number of halogens is 1. The Morgan fingerprint density at radius 2 is 1.90 bits per heavy atom. The molecule has 0 unspecified atom stereocenters. The Labute approximate surface area is 133 Å². The lowest BCUT2D eigenvalue weighted by molar-refractivity contribution is 0.412. The van der Waals surface area contributed by atoms with Gasteiger partial charge in [0.1, 0.15) is 23.2 Å². The van der Waals surface area contributed by atoms with Gasteiger partial charge in [-0.15, -0.1) is 0 Å². The molecule has 0 saturated heterocycles. The summed E-state index contributed by atoms with van der Waals surface area (Å²) in [7, 11) is 1.65. The van der Waals surface area contributed by atoms with Crippen molar-refractivity contribution in [3.63, 3.8) is 0 Å². The first-order valence-corrected chi connectivity index (χ1v) is 7.68. The molecule has 1 heterocycles. The number of hydrogen-bond donors (Lipinski definition) is 2. The van der Waals surface area contributed by atoms with Crippen LogP contribution in [0.25, 0.3) is 0 Å². The van der Waals surface area contributed by atoms with Crippen molar-refractivity contribution in [2.24, 2.45) is 0 Å². The second kappa shape index (κ2) is 7.26. The van der Waals surface area contributed by atoms with Gasteiger partial charge in [-0.25, -0.2) is 9.97 Å². The number of aromatic nitrogens is 2. The normalized spacial score (nSPS) is 10.3. The lowest BCUT2D eigenvalue weighted by atomic mass is 10.3. The predicted octanol–water partition coefficient (Wildman–Crippen LogP) is 3.99. The number of rotatable bonds is 6. The topological polar surface area (TPSA) is 59.1 Å². The van der Waals surface area contributed by atoms with Crippen LogP contribution in [-0.4, -0.2) is 23.6 Å².